The molecule has 1 aromatic carbocycles. The van der Waals surface area contributed by atoms with Crippen molar-refractivity contribution in [3.63, 3.8) is 0 Å². The summed E-state index contributed by atoms with van der Waals surface area (Å²) in [5.74, 6) is 2.47. The number of fused-ring (bicyclic) bond motifs is 2. The van der Waals surface area contributed by atoms with Gasteiger partial charge in [0.15, 0.2) is 0 Å². The Morgan fingerprint density at radius 1 is 1.21 bits per heavy atom. The van der Waals surface area contributed by atoms with Crippen LogP contribution in [0.15, 0.2) is 30.6 Å². The Kier molecular flexibility index (Phi) is 4.54. The first kappa shape index (κ1) is 17.9. The highest BCUT2D eigenvalue weighted by atomic mass is 16.5. The summed E-state index contributed by atoms with van der Waals surface area (Å²) in [6.45, 7) is 1.59. The summed E-state index contributed by atoms with van der Waals surface area (Å²) in [7, 11) is 1.63. The first-order chi connectivity index (χ1) is 14.2. The van der Waals surface area contributed by atoms with Crippen LogP contribution in [0.1, 0.15) is 30.5 Å². The topological polar surface area (TPSA) is 84.6 Å². The first-order valence-electron chi connectivity index (χ1n) is 10.1. The molecule has 1 atom stereocenters. The Morgan fingerprint density at radius 2 is 2.07 bits per heavy atom. The summed E-state index contributed by atoms with van der Waals surface area (Å²) in [4.78, 5) is 24.2. The van der Waals surface area contributed by atoms with Crippen molar-refractivity contribution >= 4 is 23.2 Å². The van der Waals surface area contributed by atoms with Gasteiger partial charge in [0.1, 0.15) is 17.9 Å². The molecule has 5 rings (SSSR count). The van der Waals surface area contributed by atoms with Crippen LogP contribution in [0.3, 0.4) is 0 Å². The predicted molar refractivity (Wildman–Crippen MR) is 109 cm³/mol. The fourth-order valence-electron chi connectivity index (χ4n) is 4.43. The summed E-state index contributed by atoms with van der Waals surface area (Å²) in [6, 6.07) is 7.44. The van der Waals surface area contributed by atoms with Gasteiger partial charge in [-0.2, -0.15) is 14.6 Å². The SMILES string of the molecule is COc1ccc(NC(=O)[C@@H]2CCCN(c3c4c(nc5ncnn35)CCC4)C2)cc1. The molecular weight excluding hydrogens is 368 g/mol. The molecule has 3 heterocycles. The molecule has 0 unspecified atom stereocenters. The lowest BCUT2D eigenvalue weighted by atomic mass is 9.96. The minimum Gasteiger partial charge on any atom is -0.497 e. The molecule has 1 amide bonds. The molecule has 1 fully saturated rings. The third kappa shape index (κ3) is 3.28. The van der Waals surface area contributed by atoms with Gasteiger partial charge in [-0.1, -0.05) is 0 Å². The molecule has 150 valence electrons. The zero-order valence-corrected chi connectivity index (χ0v) is 16.5. The highest BCUT2D eigenvalue weighted by Gasteiger charge is 2.31. The standard InChI is InChI=1S/C21H24N6O2/c1-29-16-9-7-15(8-10-16)24-19(28)14-4-3-11-26(12-14)20-17-5-2-6-18(17)25-21-22-13-23-27(20)21/h7-10,13-14H,2-6,11-12H2,1H3,(H,24,28)/t14-/m1/s1. The van der Waals surface area contributed by atoms with Crippen LogP contribution in [0.2, 0.25) is 0 Å². The van der Waals surface area contributed by atoms with Crippen molar-refractivity contribution in [1.82, 2.24) is 19.6 Å². The van der Waals surface area contributed by atoms with Gasteiger partial charge in [-0.3, -0.25) is 4.79 Å². The molecule has 8 heteroatoms. The average molecular weight is 392 g/mol. The summed E-state index contributed by atoms with van der Waals surface area (Å²) in [5, 5.41) is 7.47. The van der Waals surface area contributed by atoms with Gasteiger partial charge < -0.3 is 15.0 Å². The second-order valence-electron chi connectivity index (χ2n) is 7.69. The molecule has 2 aliphatic rings. The predicted octanol–water partition coefficient (Wildman–Crippen LogP) is 2.48. The number of anilines is 2. The van der Waals surface area contributed by atoms with Crippen LogP contribution in [0.25, 0.3) is 5.78 Å². The molecule has 1 aliphatic heterocycles. The van der Waals surface area contributed by atoms with Gasteiger partial charge in [-0.15, -0.1) is 0 Å². The van der Waals surface area contributed by atoms with E-state index in [4.69, 9.17) is 4.74 Å². The lowest BCUT2D eigenvalue weighted by Crippen LogP contribution is -2.42. The quantitative estimate of drug-likeness (QED) is 0.734. The molecule has 8 nitrogen and oxygen atoms in total. The van der Waals surface area contributed by atoms with E-state index in [0.717, 1.165) is 61.6 Å². The van der Waals surface area contributed by atoms with Crippen LogP contribution in [-0.4, -0.2) is 45.7 Å². The Morgan fingerprint density at radius 3 is 2.90 bits per heavy atom. The summed E-state index contributed by atoms with van der Waals surface area (Å²) in [6.07, 6.45) is 6.50. The molecular formula is C21H24N6O2. The number of rotatable bonds is 4. The first-order valence-corrected chi connectivity index (χ1v) is 10.1. The number of nitrogens with one attached hydrogen (secondary N) is 1. The lowest BCUT2D eigenvalue weighted by molar-refractivity contribution is -0.120. The molecule has 0 bridgehead atoms. The number of carbonyl (C=O) groups excluding carboxylic acids is 1. The number of carbonyl (C=O) groups is 1. The number of methoxy groups -OCH3 is 1. The summed E-state index contributed by atoms with van der Waals surface area (Å²) < 4.78 is 7.02. The third-order valence-electron chi connectivity index (χ3n) is 5.87. The Bertz CT molecular complexity index is 1050. The molecule has 1 aliphatic carbocycles. The van der Waals surface area contributed by atoms with E-state index < -0.39 is 0 Å². The number of amides is 1. The molecule has 0 radical (unpaired) electrons. The van der Waals surface area contributed by atoms with Gasteiger partial charge in [0.2, 0.25) is 5.91 Å². The second kappa shape index (κ2) is 7.35. The number of ether oxygens (including phenoxy) is 1. The van der Waals surface area contributed by atoms with Crippen molar-refractivity contribution in [2.24, 2.45) is 5.92 Å². The normalized spacial score (nSPS) is 18.7. The van der Waals surface area contributed by atoms with E-state index in [9.17, 15) is 4.79 Å². The van der Waals surface area contributed by atoms with Gasteiger partial charge in [0, 0.05) is 24.3 Å². The molecule has 1 saturated heterocycles. The fourth-order valence-corrected chi connectivity index (χ4v) is 4.43. The number of nitrogens with zero attached hydrogens (tertiary/aromatic N) is 5. The molecule has 0 saturated carbocycles. The minimum atomic E-state index is -0.0744. The summed E-state index contributed by atoms with van der Waals surface area (Å²) in [5.41, 5.74) is 3.18. The maximum Gasteiger partial charge on any atom is 0.254 e. The fraction of sp³-hybridized carbons (Fsp3) is 0.429. The van der Waals surface area contributed by atoms with Gasteiger partial charge in [0.05, 0.1) is 18.7 Å². The maximum absolute atomic E-state index is 12.9. The van der Waals surface area contributed by atoms with Crippen LogP contribution in [0, 0.1) is 5.92 Å². The number of hydrogen-bond acceptors (Lipinski definition) is 6. The number of benzene rings is 1. The van der Waals surface area contributed by atoms with E-state index in [0.29, 0.717) is 12.3 Å². The molecule has 3 aromatic rings. The summed E-state index contributed by atoms with van der Waals surface area (Å²) >= 11 is 0. The van der Waals surface area contributed by atoms with Crippen LogP contribution in [-0.2, 0) is 17.6 Å². The largest absolute Gasteiger partial charge is 0.497 e. The van der Waals surface area contributed by atoms with Gasteiger partial charge in [-0.25, -0.2) is 4.98 Å². The van der Waals surface area contributed by atoms with E-state index >= 15 is 0 Å². The van der Waals surface area contributed by atoms with Crippen molar-refractivity contribution in [3.05, 3.63) is 41.9 Å². The van der Waals surface area contributed by atoms with Crippen molar-refractivity contribution in [2.75, 3.05) is 30.4 Å². The molecule has 0 spiro atoms. The van der Waals surface area contributed by atoms with Gasteiger partial charge in [0.25, 0.3) is 5.78 Å². The highest BCUT2D eigenvalue weighted by Crippen LogP contribution is 2.33. The molecule has 1 N–H and O–H groups in total. The number of hydrogen-bond donors (Lipinski definition) is 1. The Hall–Kier alpha value is -3.16. The van der Waals surface area contributed by atoms with Crippen molar-refractivity contribution in [2.45, 2.75) is 32.1 Å². The minimum absolute atomic E-state index is 0.0559. The van der Waals surface area contributed by atoms with Crippen LogP contribution in [0.4, 0.5) is 11.5 Å². The van der Waals surface area contributed by atoms with E-state index in [1.807, 2.05) is 28.8 Å². The number of piperidine rings is 1. The van der Waals surface area contributed by atoms with Crippen molar-refractivity contribution in [3.8, 4) is 5.75 Å². The van der Waals surface area contributed by atoms with Crippen molar-refractivity contribution < 1.29 is 9.53 Å². The van der Waals surface area contributed by atoms with Crippen molar-refractivity contribution in [1.29, 1.82) is 0 Å². The van der Waals surface area contributed by atoms with Gasteiger partial charge in [-0.05, 0) is 56.4 Å². The van der Waals surface area contributed by atoms with E-state index in [2.05, 4.69) is 25.3 Å². The number of aryl methyl sites for hydroxylation is 1. The lowest BCUT2D eigenvalue weighted by Gasteiger charge is -2.34. The smallest absolute Gasteiger partial charge is 0.254 e. The van der Waals surface area contributed by atoms with Crippen LogP contribution >= 0.6 is 0 Å². The monoisotopic (exact) mass is 392 g/mol. The highest BCUT2D eigenvalue weighted by molar-refractivity contribution is 5.93. The van der Waals surface area contributed by atoms with E-state index in [1.54, 1.807) is 13.4 Å². The number of aromatic nitrogens is 4. The van der Waals surface area contributed by atoms with E-state index in [-0.39, 0.29) is 11.8 Å². The zero-order valence-electron chi connectivity index (χ0n) is 16.5. The molecule has 29 heavy (non-hydrogen) atoms. The Labute approximate surface area is 168 Å². The van der Waals surface area contributed by atoms with Gasteiger partial charge >= 0.3 is 0 Å². The zero-order chi connectivity index (χ0) is 19.8. The van der Waals surface area contributed by atoms with E-state index in [1.165, 1.54) is 5.56 Å². The average Bonchev–Trinajstić information content (AvgIpc) is 3.41. The third-order valence-corrected chi connectivity index (χ3v) is 5.87. The maximum atomic E-state index is 12.9. The Balaban J connectivity index is 1.38. The molecule has 2 aromatic heterocycles. The second-order valence-corrected chi connectivity index (χ2v) is 7.69. The van der Waals surface area contributed by atoms with Crippen LogP contribution in [0.5, 0.6) is 5.75 Å². The van der Waals surface area contributed by atoms with Crippen LogP contribution < -0.4 is 15.0 Å².